The number of halogens is 17. The predicted molar refractivity (Wildman–Crippen MR) is 166 cm³/mol. The van der Waals surface area contributed by atoms with Gasteiger partial charge in [0.15, 0.2) is 0 Å². The molecule has 0 aliphatic rings. The molecule has 23 heteroatoms. The van der Waals surface area contributed by atoms with Crippen molar-refractivity contribution in [1.29, 1.82) is 0 Å². The third kappa shape index (κ3) is 11.5. The van der Waals surface area contributed by atoms with Crippen LogP contribution in [0.2, 0.25) is 0 Å². The van der Waals surface area contributed by atoms with E-state index >= 15 is 0 Å². The third-order valence-corrected chi connectivity index (χ3v) is 9.95. The summed E-state index contributed by atoms with van der Waals surface area (Å²) >= 11 is 0. The monoisotopic (exact) mass is 854 g/mol. The third-order valence-electron chi connectivity index (χ3n) is 7.84. The Labute approximate surface area is 307 Å². The molecule has 0 amide bonds. The Morgan fingerprint density at radius 1 is 0.582 bits per heavy atom. The summed E-state index contributed by atoms with van der Waals surface area (Å²) in [5.74, 6) is -56.3. The number of hydrogen-bond donors (Lipinski definition) is 0. The Balaban J connectivity index is 2.72. The second-order valence-corrected chi connectivity index (χ2v) is 14.2. The topological polar surface area (TPSA) is 35.3 Å². The van der Waals surface area contributed by atoms with E-state index in [1.165, 1.54) is 12.1 Å². The number of ether oxygens (including phenoxy) is 1. The summed E-state index contributed by atoms with van der Waals surface area (Å²) in [6, 6.07) is 4.70. The average Bonchev–Trinajstić information content (AvgIpc) is 3.05. The number of alkyl halides is 17. The standard InChI is InChI=1S/C32H40F17N2O3P/c1-21(2)51(22(3)4)55(54-19-16-50-5)53-18-9-7-6-8-17-52-20-24-12-10-23(11-13-24)14-15-25(33,34)26(35,36)27(37,38)28(39,40)29(41,42)30(43,44)31(45,46)32(47,48)49/h10-13,21-22H,6-9,14-20H2,1-4H3. The Kier molecular flexibility index (Phi) is 18.0. The van der Waals surface area contributed by atoms with Gasteiger partial charge in [-0.05, 0) is 58.1 Å². The van der Waals surface area contributed by atoms with Crippen molar-refractivity contribution in [3.05, 3.63) is 46.8 Å². The van der Waals surface area contributed by atoms with Crippen LogP contribution in [0, 0.1) is 6.57 Å². The first-order valence-corrected chi connectivity index (χ1v) is 17.6. The lowest BCUT2D eigenvalue weighted by molar-refractivity contribution is -0.461. The summed E-state index contributed by atoms with van der Waals surface area (Å²) < 4.78 is 249. The molecular weight excluding hydrogens is 814 g/mol. The fourth-order valence-electron chi connectivity index (χ4n) is 4.76. The van der Waals surface area contributed by atoms with Crippen molar-refractivity contribution in [3.8, 4) is 0 Å². The highest BCUT2D eigenvalue weighted by Crippen LogP contribution is 2.64. The largest absolute Gasteiger partial charge is 0.460 e. The van der Waals surface area contributed by atoms with Crippen LogP contribution in [0.1, 0.15) is 70.9 Å². The van der Waals surface area contributed by atoms with E-state index in [0.717, 1.165) is 25.0 Å². The first kappa shape index (κ1) is 50.8. The molecule has 0 spiro atoms. The number of benzene rings is 1. The van der Waals surface area contributed by atoms with Crippen molar-refractivity contribution in [1.82, 2.24) is 4.67 Å². The van der Waals surface area contributed by atoms with E-state index in [1.54, 1.807) is 0 Å². The molecule has 1 rings (SSSR count). The highest BCUT2D eigenvalue weighted by molar-refractivity contribution is 7.44. The van der Waals surface area contributed by atoms with E-state index in [0.29, 0.717) is 25.0 Å². The summed E-state index contributed by atoms with van der Waals surface area (Å²) in [5, 5.41) is 0. The van der Waals surface area contributed by atoms with Gasteiger partial charge in [-0.25, -0.2) is 11.2 Å². The first-order chi connectivity index (χ1) is 24.9. The van der Waals surface area contributed by atoms with Crippen LogP contribution >= 0.6 is 8.53 Å². The van der Waals surface area contributed by atoms with Gasteiger partial charge in [0, 0.05) is 25.1 Å². The van der Waals surface area contributed by atoms with Gasteiger partial charge in [0.25, 0.3) is 8.53 Å². The Hall–Kier alpha value is -2.21. The molecule has 0 N–H and O–H groups in total. The van der Waals surface area contributed by atoms with Crippen molar-refractivity contribution in [2.45, 2.75) is 133 Å². The normalized spacial score (nSPS) is 15.0. The summed E-state index contributed by atoms with van der Waals surface area (Å²) in [6.07, 6.45) is -8.83. The van der Waals surface area contributed by atoms with Crippen LogP contribution in [0.3, 0.4) is 0 Å². The highest BCUT2D eigenvalue weighted by Gasteiger charge is 2.95. The van der Waals surface area contributed by atoms with E-state index in [4.69, 9.17) is 20.4 Å². The van der Waals surface area contributed by atoms with Crippen LogP contribution < -0.4 is 0 Å². The summed E-state index contributed by atoms with van der Waals surface area (Å²) in [5.41, 5.74) is 0.0641. The molecule has 1 unspecified atom stereocenters. The van der Waals surface area contributed by atoms with Gasteiger partial charge in [-0.2, -0.15) is 74.6 Å². The van der Waals surface area contributed by atoms with E-state index in [1.807, 2.05) is 27.7 Å². The van der Waals surface area contributed by atoms with Gasteiger partial charge in [0.1, 0.15) is 6.61 Å². The van der Waals surface area contributed by atoms with Gasteiger partial charge >= 0.3 is 47.6 Å². The summed E-state index contributed by atoms with van der Waals surface area (Å²) in [6.45, 7) is 16.0. The molecule has 55 heavy (non-hydrogen) atoms. The molecule has 0 bridgehead atoms. The summed E-state index contributed by atoms with van der Waals surface area (Å²) in [4.78, 5) is 3.27. The van der Waals surface area contributed by atoms with Gasteiger partial charge < -0.3 is 18.6 Å². The van der Waals surface area contributed by atoms with E-state index < -0.39 is 69.0 Å². The Bertz CT molecular complexity index is 1350. The molecule has 0 aromatic heterocycles. The quantitative estimate of drug-likeness (QED) is 0.0425. The number of nitrogens with zero attached hydrogens (tertiary/aromatic N) is 2. The van der Waals surface area contributed by atoms with Crippen LogP contribution in [0.5, 0.6) is 0 Å². The van der Waals surface area contributed by atoms with Crippen LogP contribution in [0.4, 0.5) is 74.6 Å². The van der Waals surface area contributed by atoms with Gasteiger partial charge in [-0.3, -0.25) is 0 Å². The van der Waals surface area contributed by atoms with Crippen LogP contribution in [-0.2, 0) is 26.8 Å². The zero-order valence-corrected chi connectivity index (χ0v) is 30.6. The predicted octanol–water partition coefficient (Wildman–Crippen LogP) is 12.0. The zero-order valence-electron chi connectivity index (χ0n) is 29.7. The molecule has 0 heterocycles. The molecule has 1 aromatic rings. The maximum Gasteiger partial charge on any atom is 0.460 e. The molecule has 0 fully saturated rings. The first-order valence-electron chi connectivity index (χ1n) is 16.4. The molecule has 0 aliphatic carbocycles. The summed E-state index contributed by atoms with van der Waals surface area (Å²) in [7, 11) is -1.37. The highest BCUT2D eigenvalue weighted by atomic mass is 31.2. The van der Waals surface area contributed by atoms with Crippen molar-refractivity contribution >= 4 is 8.53 Å². The van der Waals surface area contributed by atoms with E-state index in [2.05, 4.69) is 9.52 Å². The molecule has 320 valence electrons. The fourth-order valence-corrected chi connectivity index (χ4v) is 6.38. The molecule has 0 saturated carbocycles. The lowest BCUT2D eigenvalue weighted by Crippen LogP contribution is -2.74. The molecular formula is C32H40F17N2O3P. The molecule has 0 aliphatic heterocycles. The zero-order chi connectivity index (χ0) is 42.9. The maximum absolute atomic E-state index is 14.3. The maximum atomic E-state index is 14.3. The Morgan fingerprint density at radius 3 is 1.45 bits per heavy atom. The molecule has 0 radical (unpaired) electrons. The number of rotatable bonds is 25. The number of unbranched alkanes of at least 4 members (excludes halogenated alkanes) is 3. The van der Waals surface area contributed by atoms with Crippen molar-refractivity contribution < 1.29 is 88.4 Å². The van der Waals surface area contributed by atoms with Crippen LogP contribution in [0.25, 0.3) is 4.85 Å². The van der Waals surface area contributed by atoms with Gasteiger partial charge in [-0.15, -0.1) is 0 Å². The lowest BCUT2D eigenvalue weighted by atomic mass is 9.87. The molecule has 0 saturated heterocycles. The lowest BCUT2D eigenvalue weighted by Gasteiger charge is -2.42. The van der Waals surface area contributed by atoms with Crippen LogP contribution in [-0.4, -0.2) is 90.8 Å². The molecule has 5 nitrogen and oxygen atoms in total. The SMILES string of the molecule is [C-]#[N+]CCOP(OCCCCCCOCc1ccc(CCC(F)(F)C(F)(F)C(F)(F)C(F)(F)C(F)(F)C(F)(F)C(F)(F)C(F)(F)F)cc1)N(C(C)C)C(C)C. The minimum absolute atomic E-state index is 0.0440. The van der Waals surface area contributed by atoms with E-state index in [-0.39, 0.29) is 44.0 Å². The van der Waals surface area contributed by atoms with Gasteiger partial charge in [0.05, 0.1) is 13.2 Å². The van der Waals surface area contributed by atoms with Crippen molar-refractivity contribution in [2.24, 2.45) is 0 Å². The van der Waals surface area contributed by atoms with Crippen molar-refractivity contribution in [3.63, 3.8) is 0 Å². The van der Waals surface area contributed by atoms with Crippen LogP contribution in [0.15, 0.2) is 24.3 Å². The van der Waals surface area contributed by atoms with Gasteiger partial charge in [-0.1, -0.05) is 37.1 Å². The minimum atomic E-state index is -8.64. The van der Waals surface area contributed by atoms with Gasteiger partial charge in [0.2, 0.25) is 6.54 Å². The van der Waals surface area contributed by atoms with Crippen molar-refractivity contribution in [2.75, 3.05) is 26.4 Å². The Morgan fingerprint density at radius 2 is 1.00 bits per heavy atom. The second kappa shape index (κ2) is 19.5. The van der Waals surface area contributed by atoms with E-state index in [9.17, 15) is 74.6 Å². The minimum Gasteiger partial charge on any atom is -0.377 e. The number of hydrogen-bond acceptors (Lipinski definition) is 4. The molecule has 1 atom stereocenters. The fraction of sp³-hybridized carbons (Fsp3) is 0.781. The smallest absolute Gasteiger partial charge is 0.377 e. The number of aryl methyl sites for hydroxylation is 1. The second-order valence-electron chi connectivity index (χ2n) is 12.8. The molecule has 1 aromatic carbocycles. The average molecular weight is 855 g/mol.